The zero-order valence-corrected chi connectivity index (χ0v) is 8.20. The number of rotatable bonds is 4. The molecule has 0 aliphatic carbocycles. The number of nitrogens with zero attached hydrogens (tertiary/aromatic N) is 1. The van der Waals surface area contributed by atoms with E-state index >= 15 is 0 Å². The fourth-order valence-electron chi connectivity index (χ4n) is 0.637. The Balaban J connectivity index is 4.31. The van der Waals surface area contributed by atoms with Gasteiger partial charge in [-0.05, 0) is 0 Å². The zero-order chi connectivity index (χ0) is 9.07. The van der Waals surface area contributed by atoms with Gasteiger partial charge in [-0.2, -0.15) is 4.31 Å². The molecule has 0 atom stereocenters. The van der Waals surface area contributed by atoms with E-state index in [1.54, 1.807) is 6.92 Å². The van der Waals surface area contributed by atoms with Crippen molar-refractivity contribution in [1.82, 2.24) is 4.31 Å². The molecule has 4 nitrogen and oxygen atoms in total. The van der Waals surface area contributed by atoms with E-state index in [0.29, 0.717) is 6.54 Å². The van der Waals surface area contributed by atoms with E-state index in [0.717, 1.165) is 6.26 Å². The summed E-state index contributed by atoms with van der Waals surface area (Å²) in [6, 6.07) is 0. The van der Waals surface area contributed by atoms with Gasteiger partial charge in [-0.3, -0.25) is 0 Å². The molecule has 0 saturated carbocycles. The molecule has 0 aliphatic heterocycles. The highest BCUT2D eigenvalue weighted by Gasteiger charge is 2.14. The second-order valence-electron chi connectivity index (χ2n) is 2.16. The SMILES string of the molecule is CCN(CC(N)=S)S(C)(=O)=O. The molecule has 0 aliphatic rings. The molecule has 0 fully saturated rings. The van der Waals surface area contributed by atoms with E-state index < -0.39 is 10.0 Å². The quantitative estimate of drug-likeness (QED) is 0.619. The van der Waals surface area contributed by atoms with Gasteiger partial charge in [-0.15, -0.1) is 0 Å². The van der Waals surface area contributed by atoms with Gasteiger partial charge in [-0.1, -0.05) is 19.1 Å². The summed E-state index contributed by atoms with van der Waals surface area (Å²) in [5, 5.41) is 0. The molecule has 66 valence electrons. The topological polar surface area (TPSA) is 63.4 Å². The summed E-state index contributed by atoms with van der Waals surface area (Å²) in [6.07, 6.45) is 1.13. The lowest BCUT2D eigenvalue weighted by molar-refractivity contribution is 0.473. The molecule has 11 heavy (non-hydrogen) atoms. The lowest BCUT2D eigenvalue weighted by Crippen LogP contribution is -2.36. The molecule has 6 heteroatoms. The van der Waals surface area contributed by atoms with Crippen molar-refractivity contribution in [2.45, 2.75) is 6.92 Å². The van der Waals surface area contributed by atoms with Gasteiger partial charge in [0.25, 0.3) is 0 Å². The molecule has 2 N–H and O–H groups in total. The summed E-state index contributed by atoms with van der Waals surface area (Å²) in [5.74, 6) is 0. The van der Waals surface area contributed by atoms with Gasteiger partial charge in [0.05, 0.1) is 17.8 Å². The van der Waals surface area contributed by atoms with Gasteiger partial charge in [0.15, 0.2) is 0 Å². The van der Waals surface area contributed by atoms with Gasteiger partial charge in [-0.25, -0.2) is 8.42 Å². The fourth-order valence-corrected chi connectivity index (χ4v) is 1.72. The van der Waals surface area contributed by atoms with Crippen LogP contribution in [-0.4, -0.2) is 37.1 Å². The first kappa shape index (κ1) is 10.8. The van der Waals surface area contributed by atoms with Crippen LogP contribution in [0, 0.1) is 0 Å². The molecule has 0 aromatic rings. The average molecular weight is 196 g/mol. The minimum Gasteiger partial charge on any atom is -0.392 e. The number of thiocarbonyl (C=S) groups is 1. The normalized spacial score (nSPS) is 11.9. The standard InChI is InChI=1S/C5H12N2O2S2/c1-3-7(4-5(6)10)11(2,8)9/h3-4H2,1-2H3,(H2,6,10). The number of nitrogens with two attached hydrogens (primary N) is 1. The minimum atomic E-state index is -3.14. The Labute approximate surface area is 72.4 Å². The third kappa shape index (κ3) is 4.28. The highest BCUT2D eigenvalue weighted by molar-refractivity contribution is 7.88. The Morgan fingerprint density at radius 2 is 2.09 bits per heavy atom. The summed E-state index contributed by atoms with van der Waals surface area (Å²) >= 11 is 4.58. The van der Waals surface area contributed by atoms with Gasteiger partial charge in [0.2, 0.25) is 10.0 Å². The van der Waals surface area contributed by atoms with Crippen LogP contribution < -0.4 is 5.73 Å². The Morgan fingerprint density at radius 3 is 2.18 bits per heavy atom. The Morgan fingerprint density at radius 1 is 1.64 bits per heavy atom. The number of sulfonamides is 1. The molecular weight excluding hydrogens is 184 g/mol. The van der Waals surface area contributed by atoms with E-state index in [9.17, 15) is 8.42 Å². The summed E-state index contributed by atoms with van der Waals surface area (Å²) < 4.78 is 23.0. The highest BCUT2D eigenvalue weighted by atomic mass is 32.2. The van der Waals surface area contributed by atoms with Gasteiger partial charge < -0.3 is 5.73 Å². The van der Waals surface area contributed by atoms with E-state index in [4.69, 9.17) is 5.73 Å². The van der Waals surface area contributed by atoms with Crippen molar-refractivity contribution in [2.75, 3.05) is 19.3 Å². The Hall–Kier alpha value is -0.200. The lowest BCUT2D eigenvalue weighted by atomic mass is 10.6. The summed E-state index contributed by atoms with van der Waals surface area (Å²) in [4.78, 5) is 0.192. The van der Waals surface area contributed by atoms with Crippen molar-refractivity contribution >= 4 is 27.2 Å². The Bertz CT molecular complexity index is 235. The molecule has 0 unspecified atom stereocenters. The van der Waals surface area contributed by atoms with Gasteiger partial charge in [0, 0.05) is 6.54 Å². The van der Waals surface area contributed by atoms with Crippen molar-refractivity contribution in [3.8, 4) is 0 Å². The molecule has 0 radical (unpaired) electrons. The van der Waals surface area contributed by atoms with E-state index in [1.165, 1.54) is 4.31 Å². The molecule has 0 aromatic heterocycles. The van der Waals surface area contributed by atoms with Crippen LogP contribution in [0.25, 0.3) is 0 Å². The van der Waals surface area contributed by atoms with E-state index in [-0.39, 0.29) is 11.5 Å². The highest BCUT2D eigenvalue weighted by Crippen LogP contribution is 1.95. The zero-order valence-electron chi connectivity index (χ0n) is 6.57. The van der Waals surface area contributed by atoms with Crippen molar-refractivity contribution in [3.63, 3.8) is 0 Å². The maximum absolute atomic E-state index is 10.9. The first-order valence-corrected chi connectivity index (χ1v) is 5.37. The molecule has 0 aromatic carbocycles. The molecule has 0 rings (SSSR count). The van der Waals surface area contributed by atoms with E-state index in [2.05, 4.69) is 12.2 Å². The first-order chi connectivity index (χ1) is 4.88. The van der Waals surface area contributed by atoms with Crippen LogP contribution in [0.3, 0.4) is 0 Å². The van der Waals surface area contributed by atoms with Crippen LogP contribution in [-0.2, 0) is 10.0 Å². The van der Waals surface area contributed by atoms with Gasteiger partial charge >= 0.3 is 0 Å². The van der Waals surface area contributed by atoms with Gasteiger partial charge in [0.1, 0.15) is 0 Å². The van der Waals surface area contributed by atoms with Crippen LogP contribution in [0.15, 0.2) is 0 Å². The summed E-state index contributed by atoms with van der Waals surface area (Å²) in [6.45, 7) is 2.26. The third-order valence-electron chi connectivity index (χ3n) is 1.15. The predicted octanol–water partition coefficient (Wildman–Crippen LogP) is -0.446. The fraction of sp³-hybridized carbons (Fsp3) is 0.800. The molecule has 0 saturated heterocycles. The predicted molar refractivity (Wildman–Crippen MR) is 48.9 cm³/mol. The largest absolute Gasteiger partial charge is 0.392 e. The van der Waals surface area contributed by atoms with Crippen molar-refractivity contribution in [3.05, 3.63) is 0 Å². The number of likely N-dealkylation sites (N-methyl/N-ethyl adjacent to an activating group) is 1. The number of hydrogen-bond acceptors (Lipinski definition) is 3. The molecular formula is C5H12N2O2S2. The maximum atomic E-state index is 10.9. The van der Waals surface area contributed by atoms with Crippen LogP contribution >= 0.6 is 12.2 Å². The molecule has 0 bridgehead atoms. The van der Waals surface area contributed by atoms with Crippen molar-refractivity contribution in [2.24, 2.45) is 5.73 Å². The van der Waals surface area contributed by atoms with Crippen LogP contribution in [0.4, 0.5) is 0 Å². The molecule has 0 spiro atoms. The third-order valence-corrected chi connectivity index (χ3v) is 2.61. The first-order valence-electron chi connectivity index (χ1n) is 3.11. The second-order valence-corrected chi connectivity index (χ2v) is 4.66. The monoisotopic (exact) mass is 196 g/mol. The smallest absolute Gasteiger partial charge is 0.211 e. The molecule has 0 heterocycles. The van der Waals surface area contributed by atoms with Crippen LogP contribution in [0.1, 0.15) is 6.92 Å². The average Bonchev–Trinajstić information content (AvgIpc) is 1.79. The van der Waals surface area contributed by atoms with Crippen LogP contribution in [0.5, 0.6) is 0 Å². The summed E-state index contributed by atoms with van der Waals surface area (Å²) in [5.41, 5.74) is 5.19. The van der Waals surface area contributed by atoms with Crippen molar-refractivity contribution in [1.29, 1.82) is 0 Å². The van der Waals surface area contributed by atoms with Crippen molar-refractivity contribution < 1.29 is 8.42 Å². The Kier molecular flexibility index (Phi) is 3.91. The molecule has 0 amide bonds. The number of hydrogen-bond donors (Lipinski definition) is 1. The van der Waals surface area contributed by atoms with E-state index in [1.807, 2.05) is 0 Å². The second kappa shape index (κ2) is 3.99. The summed E-state index contributed by atoms with van der Waals surface area (Å²) in [7, 11) is -3.14. The minimum absolute atomic E-state index is 0.130. The maximum Gasteiger partial charge on any atom is 0.211 e. The van der Waals surface area contributed by atoms with Crippen LogP contribution in [0.2, 0.25) is 0 Å². The lowest BCUT2D eigenvalue weighted by Gasteiger charge is -2.16.